The summed E-state index contributed by atoms with van der Waals surface area (Å²) in [6.45, 7) is 8.36. The fourth-order valence-electron chi connectivity index (χ4n) is 1.74. The molecule has 88 valence electrons. The lowest BCUT2D eigenvalue weighted by atomic mass is 10.1. The van der Waals surface area contributed by atoms with Crippen LogP contribution < -0.4 is 4.74 Å². The Morgan fingerprint density at radius 1 is 1.29 bits per heavy atom. The molecular formula is C15H16O2. The molecule has 0 spiro atoms. The zero-order chi connectivity index (χ0) is 12.3. The van der Waals surface area contributed by atoms with Gasteiger partial charge in [-0.25, -0.2) is 0 Å². The smallest absolute Gasteiger partial charge is 0.134 e. The molecule has 0 atom stereocenters. The van der Waals surface area contributed by atoms with E-state index in [1.807, 2.05) is 44.2 Å². The van der Waals surface area contributed by atoms with E-state index in [0.717, 1.165) is 28.4 Å². The van der Waals surface area contributed by atoms with Crippen LogP contribution in [-0.4, -0.2) is 6.61 Å². The number of ether oxygens (including phenoxy) is 1. The average Bonchev–Trinajstić information content (AvgIpc) is 2.77. The van der Waals surface area contributed by atoms with E-state index in [0.29, 0.717) is 6.61 Å². The molecule has 0 amide bonds. The van der Waals surface area contributed by atoms with Crippen molar-refractivity contribution in [1.82, 2.24) is 0 Å². The zero-order valence-electron chi connectivity index (χ0n) is 10.2. The average molecular weight is 228 g/mol. The van der Waals surface area contributed by atoms with Gasteiger partial charge in [-0.15, -0.1) is 0 Å². The standard InChI is InChI=1S/C15H16O2/c1-4-12-10-13(7-9-14(12)16-5-2)15-8-6-11(3)17-15/h4,6-10H,1,5H2,2-3H3. The van der Waals surface area contributed by atoms with Crippen LogP contribution in [0.2, 0.25) is 0 Å². The number of rotatable bonds is 4. The Hall–Kier alpha value is -1.96. The highest BCUT2D eigenvalue weighted by atomic mass is 16.5. The summed E-state index contributed by atoms with van der Waals surface area (Å²) in [6, 6.07) is 9.90. The largest absolute Gasteiger partial charge is 0.493 e. The van der Waals surface area contributed by atoms with Crippen LogP contribution in [0.1, 0.15) is 18.2 Å². The Bertz CT molecular complexity index is 523. The fraction of sp³-hybridized carbons (Fsp3) is 0.200. The third kappa shape index (κ3) is 2.41. The maximum atomic E-state index is 5.59. The summed E-state index contributed by atoms with van der Waals surface area (Å²) in [7, 11) is 0. The SMILES string of the molecule is C=Cc1cc(-c2ccc(C)o2)ccc1OCC. The number of hydrogen-bond donors (Lipinski definition) is 0. The predicted octanol–water partition coefficient (Wildman–Crippen LogP) is 4.30. The van der Waals surface area contributed by atoms with Gasteiger partial charge in [0.05, 0.1) is 6.61 Å². The molecule has 0 aliphatic carbocycles. The molecule has 2 aromatic rings. The summed E-state index contributed by atoms with van der Waals surface area (Å²) < 4.78 is 11.1. The number of furan rings is 1. The second-order valence-corrected chi connectivity index (χ2v) is 3.80. The van der Waals surface area contributed by atoms with Gasteiger partial charge in [0.15, 0.2) is 0 Å². The van der Waals surface area contributed by atoms with Crippen molar-refractivity contribution >= 4 is 6.08 Å². The van der Waals surface area contributed by atoms with Crippen LogP contribution in [0.3, 0.4) is 0 Å². The molecule has 17 heavy (non-hydrogen) atoms. The summed E-state index contributed by atoms with van der Waals surface area (Å²) in [6.07, 6.45) is 1.80. The van der Waals surface area contributed by atoms with Crippen molar-refractivity contribution in [3.8, 4) is 17.1 Å². The zero-order valence-corrected chi connectivity index (χ0v) is 10.2. The number of aryl methyl sites for hydroxylation is 1. The third-order valence-electron chi connectivity index (χ3n) is 2.55. The van der Waals surface area contributed by atoms with Crippen molar-refractivity contribution in [3.63, 3.8) is 0 Å². The molecule has 0 aliphatic rings. The van der Waals surface area contributed by atoms with Crippen molar-refractivity contribution < 1.29 is 9.15 Å². The van der Waals surface area contributed by atoms with E-state index in [2.05, 4.69) is 6.58 Å². The summed E-state index contributed by atoms with van der Waals surface area (Å²) in [4.78, 5) is 0. The molecule has 0 fully saturated rings. The van der Waals surface area contributed by atoms with E-state index in [4.69, 9.17) is 9.15 Å². The summed E-state index contributed by atoms with van der Waals surface area (Å²) >= 11 is 0. The van der Waals surface area contributed by atoms with Gasteiger partial charge in [0.2, 0.25) is 0 Å². The molecule has 1 aromatic carbocycles. The normalized spacial score (nSPS) is 10.2. The van der Waals surface area contributed by atoms with Crippen LogP contribution in [0.15, 0.2) is 41.3 Å². The highest BCUT2D eigenvalue weighted by molar-refractivity contribution is 5.67. The topological polar surface area (TPSA) is 22.4 Å². The van der Waals surface area contributed by atoms with E-state index in [9.17, 15) is 0 Å². The maximum Gasteiger partial charge on any atom is 0.134 e. The van der Waals surface area contributed by atoms with Crippen LogP contribution in [0, 0.1) is 6.92 Å². The molecule has 0 saturated heterocycles. The van der Waals surface area contributed by atoms with E-state index in [1.165, 1.54) is 0 Å². The van der Waals surface area contributed by atoms with Crippen LogP contribution in [0.4, 0.5) is 0 Å². The molecule has 1 aromatic heterocycles. The predicted molar refractivity (Wildman–Crippen MR) is 70.1 cm³/mol. The van der Waals surface area contributed by atoms with Crippen LogP contribution in [0.25, 0.3) is 17.4 Å². The van der Waals surface area contributed by atoms with Gasteiger partial charge in [0, 0.05) is 11.1 Å². The molecule has 0 N–H and O–H groups in total. The molecule has 0 radical (unpaired) electrons. The second kappa shape index (κ2) is 4.91. The minimum Gasteiger partial charge on any atom is -0.493 e. The van der Waals surface area contributed by atoms with Crippen LogP contribution in [0.5, 0.6) is 5.75 Å². The Kier molecular flexibility index (Phi) is 3.33. The first kappa shape index (κ1) is 11.5. The van der Waals surface area contributed by atoms with Crippen molar-refractivity contribution in [2.75, 3.05) is 6.61 Å². The molecule has 1 heterocycles. The fourth-order valence-corrected chi connectivity index (χ4v) is 1.74. The van der Waals surface area contributed by atoms with Gasteiger partial charge in [-0.2, -0.15) is 0 Å². The second-order valence-electron chi connectivity index (χ2n) is 3.80. The van der Waals surface area contributed by atoms with Gasteiger partial charge in [0.1, 0.15) is 17.3 Å². The van der Waals surface area contributed by atoms with Gasteiger partial charge in [0.25, 0.3) is 0 Å². The lowest BCUT2D eigenvalue weighted by molar-refractivity contribution is 0.339. The number of hydrogen-bond acceptors (Lipinski definition) is 2. The monoisotopic (exact) mass is 228 g/mol. The summed E-state index contributed by atoms with van der Waals surface area (Å²) in [5.74, 6) is 2.64. The molecule has 0 aliphatic heterocycles. The van der Waals surface area contributed by atoms with E-state index in [-0.39, 0.29) is 0 Å². The Morgan fingerprint density at radius 3 is 2.71 bits per heavy atom. The summed E-state index contributed by atoms with van der Waals surface area (Å²) in [5, 5.41) is 0. The molecule has 0 saturated carbocycles. The van der Waals surface area contributed by atoms with E-state index < -0.39 is 0 Å². The maximum absolute atomic E-state index is 5.59. The van der Waals surface area contributed by atoms with Crippen LogP contribution >= 0.6 is 0 Å². The third-order valence-corrected chi connectivity index (χ3v) is 2.55. The van der Waals surface area contributed by atoms with Gasteiger partial charge in [-0.05, 0) is 44.2 Å². The first-order valence-corrected chi connectivity index (χ1v) is 5.70. The van der Waals surface area contributed by atoms with Gasteiger partial charge < -0.3 is 9.15 Å². The van der Waals surface area contributed by atoms with Crippen molar-refractivity contribution in [3.05, 3.63) is 48.2 Å². The van der Waals surface area contributed by atoms with Crippen molar-refractivity contribution in [2.24, 2.45) is 0 Å². The molecular weight excluding hydrogens is 212 g/mol. The highest BCUT2D eigenvalue weighted by Gasteiger charge is 2.06. The van der Waals surface area contributed by atoms with E-state index >= 15 is 0 Å². The Balaban J connectivity index is 2.40. The quantitative estimate of drug-likeness (QED) is 0.778. The summed E-state index contributed by atoms with van der Waals surface area (Å²) in [5.41, 5.74) is 2.02. The molecule has 2 nitrogen and oxygen atoms in total. The van der Waals surface area contributed by atoms with Crippen LogP contribution in [-0.2, 0) is 0 Å². The van der Waals surface area contributed by atoms with Gasteiger partial charge >= 0.3 is 0 Å². The highest BCUT2D eigenvalue weighted by Crippen LogP contribution is 2.28. The lowest BCUT2D eigenvalue weighted by Crippen LogP contribution is -1.93. The Morgan fingerprint density at radius 2 is 2.12 bits per heavy atom. The minimum atomic E-state index is 0.653. The van der Waals surface area contributed by atoms with Gasteiger partial charge in [-0.1, -0.05) is 12.7 Å². The first-order valence-electron chi connectivity index (χ1n) is 5.70. The molecule has 0 unspecified atom stereocenters. The van der Waals surface area contributed by atoms with Gasteiger partial charge in [-0.3, -0.25) is 0 Å². The molecule has 2 rings (SSSR count). The molecule has 0 bridgehead atoms. The van der Waals surface area contributed by atoms with E-state index in [1.54, 1.807) is 6.08 Å². The number of benzene rings is 1. The van der Waals surface area contributed by atoms with Crippen molar-refractivity contribution in [1.29, 1.82) is 0 Å². The minimum absolute atomic E-state index is 0.653. The lowest BCUT2D eigenvalue weighted by Gasteiger charge is -2.08. The molecule has 2 heteroatoms. The van der Waals surface area contributed by atoms with Crippen molar-refractivity contribution in [2.45, 2.75) is 13.8 Å². The Labute approximate surface area is 102 Å². The first-order chi connectivity index (χ1) is 8.24.